The Bertz CT molecular complexity index is 1100. The number of nitrogens with zero attached hydrogens (tertiary/aromatic N) is 1. The summed E-state index contributed by atoms with van der Waals surface area (Å²) in [4.78, 5) is 18.1. The third-order valence-corrected chi connectivity index (χ3v) is 6.07. The first-order valence-corrected chi connectivity index (χ1v) is 9.30. The largest absolute Gasteiger partial charge is 0.456 e. The van der Waals surface area contributed by atoms with Crippen LogP contribution < -0.4 is 4.74 Å². The molecule has 4 aromatic rings. The summed E-state index contributed by atoms with van der Waals surface area (Å²) in [5.74, 6) is 1.52. The highest BCUT2D eigenvalue weighted by atomic mass is 35.5. The van der Waals surface area contributed by atoms with E-state index >= 15 is 0 Å². The Kier molecular flexibility index (Phi) is 3.79. The normalized spacial score (nSPS) is 11.3. The second-order valence-corrected chi connectivity index (χ2v) is 8.30. The van der Waals surface area contributed by atoms with Crippen LogP contribution in [-0.4, -0.2) is 10.2 Å². The van der Waals surface area contributed by atoms with Crippen LogP contribution in [0.15, 0.2) is 36.5 Å². The van der Waals surface area contributed by atoms with E-state index in [1.807, 2.05) is 31.2 Å². The lowest BCUT2D eigenvalue weighted by Crippen LogP contribution is -1.89. The topological polar surface area (TPSA) is 39.2 Å². The highest BCUT2D eigenvalue weighted by Gasteiger charge is 2.15. The van der Waals surface area contributed by atoms with Crippen LogP contribution in [0.3, 0.4) is 0 Å². The van der Waals surface area contributed by atoms with Gasteiger partial charge in [0.05, 0.1) is 15.8 Å². The molecule has 0 aliphatic rings. The van der Waals surface area contributed by atoms with E-state index in [1.165, 1.54) is 4.88 Å². The molecule has 0 saturated carbocycles. The molecule has 6 heteroatoms. The summed E-state index contributed by atoms with van der Waals surface area (Å²) in [5.41, 5.74) is 1.53. The molecule has 0 radical (unpaired) electrons. The van der Waals surface area contributed by atoms with E-state index in [-0.39, 0.29) is 0 Å². The van der Waals surface area contributed by atoms with Gasteiger partial charge in [-0.05, 0) is 49.7 Å². The quantitative estimate of drug-likeness (QED) is 0.395. The van der Waals surface area contributed by atoms with E-state index in [9.17, 15) is 4.79 Å². The highest BCUT2D eigenvalue weighted by molar-refractivity contribution is 7.20. The number of carbonyl (C=O) groups excluding carboxylic acids is 1. The summed E-state index contributed by atoms with van der Waals surface area (Å²) in [5, 5.41) is 0.453. The molecule has 1 aromatic carbocycles. The minimum atomic E-state index is -0.419. The highest BCUT2D eigenvalue weighted by Crippen LogP contribution is 2.38. The van der Waals surface area contributed by atoms with Crippen molar-refractivity contribution in [2.24, 2.45) is 0 Å². The predicted molar refractivity (Wildman–Crippen MR) is 101 cm³/mol. The first kappa shape index (κ1) is 15.6. The van der Waals surface area contributed by atoms with Gasteiger partial charge in [-0.3, -0.25) is 9.78 Å². The van der Waals surface area contributed by atoms with Crippen molar-refractivity contribution in [3.05, 3.63) is 51.8 Å². The van der Waals surface area contributed by atoms with Gasteiger partial charge in [-0.2, -0.15) is 0 Å². The molecule has 24 heavy (non-hydrogen) atoms. The zero-order chi connectivity index (χ0) is 16.8. The maximum absolute atomic E-state index is 11.6. The molecule has 0 N–H and O–H groups in total. The van der Waals surface area contributed by atoms with Gasteiger partial charge in [0.15, 0.2) is 0 Å². The number of rotatable bonds is 3. The number of aryl methyl sites for hydroxylation is 2. The lowest BCUT2D eigenvalue weighted by Gasteiger charge is -2.06. The number of aromatic nitrogens is 1. The van der Waals surface area contributed by atoms with Crippen LogP contribution in [0, 0.1) is 13.8 Å². The van der Waals surface area contributed by atoms with E-state index in [4.69, 9.17) is 16.3 Å². The molecule has 0 unspecified atom stereocenters. The summed E-state index contributed by atoms with van der Waals surface area (Å²) in [6, 6.07) is 9.63. The summed E-state index contributed by atoms with van der Waals surface area (Å²) < 4.78 is 8.11. The molecule has 0 aliphatic carbocycles. The van der Waals surface area contributed by atoms with Gasteiger partial charge in [-0.15, -0.1) is 22.7 Å². The van der Waals surface area contributed by atoms with Crippen LogP contribution in [0.4, 0.5) is 0 Å². The van der Waals surface area contributed by atoms with Gasteiger partial charge < -0.3 is 4.74 Å². The first-order chi connectivity index (χ1) is 11.5. The molecule has 120 valence electrons. The molecule has 0 spiro atoms. The van der Waals surface area contributed by atoms with Crippen molar-refractivity contribution in [2.75, 3.05) is 0 Å². The molecule has 0 amide bonds. The van der Waals surface area contributed by atoms with Crippen LogP contribution in [0.2, 0.25) is 0 Å². The summed E-state index contributed by atoms with van der Waals surface area (Å²) in [7, 11) is 0. The summed E-state index contributed by atoms with van der Waals surface area (Å²) in [6.45, 7) is 3.96. The molecular formula is C18H12ClNO2S2. The van der Waals surface area contributed by atoms with Crippen LogP contribution in [0.25, 0.3) is 20.3 Å². The molecule has 3 heterocycles. The molecule has 0 bridgehead atoms. The Hall–Kier alpha value is -1.95. The standard InChI is InChI=1S/C18H12ClNO2S2/c1-9-7-13-17(23-9)14(5-6-20-13)22-11-3-4-12-15(8-11)24-10(2)16(12)18(19)21/h3-8H,1-2H3. The van der Waals surface area contributed by atoms with Gasteiger partial charge >= 0.3 is 0 Å². The number of hydrogen-bond donors (Lipinski definition) is 0. The lowest BCUT2D eigenvalue weighted by molar-refractivity contribution is 0.108. The van der Waals surface area contributed by atoms with Crippen LogP contribution >= 0.6 is 34.3 Å². The van der Waals surface area contributed by atoms with Crippen molar-refractivity contribution in [3.63, 3.8) is 0 Å². The second-order valence-electron chi connectivity index (χ2n) is 5.45. The second kappa shape index (κ2) is 5.84. The Balaban J connectivity index is 1.78. The Labute approximate surface area is 151 Å². The fourth-order valence-corrected chi connectivity index (χ4v) is 5.06. The van der Waals surface area contributed by atoms with Gasteiger partial charge in [0.25, 0.3) is 5.24 Å². The summed E-state index contributed by atoms with van der Waals surface area (Å²) >= 11 is 8.91. The van der Waals surface area contributed by atoms with Crippen LogP contribution in [0.5, 0.6) is 11.5 Å². The van der Waals surface area contributed by atoms with Gasteiger partial charge in [-0.1, -0.05) is 0 Å². The molecule has 0 aliphatic heterocycles. The maximum Gasteiger partial charge on any atom is 0.254 e. The van der Waals surface area contributed by atoms with Gasteiger partial charge in [0.1, 0.15) is 11.5 Å². The zero-order valence-electron chi connectivity index (χ0n) is 12.9. The van der Waals surface area contributed by atoms with Gasteiger partial charge in [-0.25, -0.2) is 0 Å². The number of fused-ring (bicyclic) bond motifs is 2. The van der Waals surface area contributed by atoms with Crippen molar-refractivity contribution < 1.29 is 9.53 Å². The number of benzene rings is 1. The van der Waals surface area contributed by atoms with Crippen molar-refractivity contribution in [2.45, 2.75) is 13.8 Å². The van der Waals surface area contributed by atoms with E-state index < -0.39 is 5.24 Å². The maximum atomic E-state index is 11.6. The smallest absolute Gasteiger partial charge is 0.254 e. The molecule has 0 atom stereocenters. The van der Waals surface area contributed by atoms with Crippen molar-refractivity contribution in [1.82, 2.24) is 4.98 Å². The number of hydrogen-bond acceptors (Lipinski definition) is 5. The first-order valence-electron chi connectivity index (χ1n) is 7.29. The fourth-order valence-electron chi connectivity index (χ4n) is 2.75. The number of carbonyl (C=O) groups is 1. The number of halogens is 1. The lowest BCUT2D eigenvalue weighted by atomic mass is 10.1. The monoisotopic (exact) mass is 373 g/mol. The molecule has 3 nitrogen and oxygen atoms in total. The average Bonchev–Trinajstić information content (AvgIpc) is 3.05. The Morgan fingerprint density at radius 3 is 2.79 bits per heavy atom. The average molecular weight is 374 g/mol. The van der Waals surface area contributed by atoms with E-state index in [0.717, 1.165) is 36.7 Å². The van der Waals surface area contributed by atoms with Gasteiger partial charge in [0, 0.05) is 32.1 Å². The Morgan fingerprint density at radius 2 is 2.00 bits per heavy atom. The number of pyridine rings is 1. The summed E-state index contributed by atoms with van der Waals surface area (Å²) in [6.07, 6.45) is 1.75. The van der Waals surface area contributed by atoms with Crippen LogP contribution in [-0.2, 0) is 0 Å². The third kappa shape index (κ3) is 2.59. The van der Waals surface area contributed by atoms with E-state index in [0.29, 0.717) is 5.56 Å². The van der Waals surface area contributed by atoms with Gasteiger partial charge in [0.2, 0.25) is 0 Å². The van der Waals surface area contributed by atoms with Crippen molar-refractivity contribution in [3.8, 4) is 11.5 Å². The van der Waals surface area contributed by atoms with E-state index in [1.54, 1.807) is 28.9 Å². The SMILES string of the molecule is Cc1cc2nccc(Oc3ccc4c(C(=O)Cl)c(C)sc4c3)c2s1. The minimum Gasteiger partial charge on any atom is -0.456 e. The third-order valence-electron chi connectivity index (χ3n) is 3.76. The molecule has 0 saturated heterocycles. The van der Waals surface area contributed by atoms with Crippen molar-refractivity contribution >= 4 is 59.8 Å². The van der Waals surface area contributed by atoms with Crippen LogP contribution in [0.1, 0.15) is 20.1 Å². The minimum absolute atomic E-state index is 0.419. The fraction of sp³-hybridized carbons (Fsp3) is 0.111. The molecule has 0 fully saturated rings. The number of thiophene rings is 2. The number of ether oxygens (including phenoxy) is 1. The molecular weight excluding hydrogens is 362 g/mol. The zero-order valence-corrected chi connectivity index (χ0v) is 15.3. The van der Waals surface area contributed by atoms with Crippen molar-refractivity contribution in [1.29, 1.82) is 0 Å². The van der Waals surface area contributed by atoms with E-state index in [2.05, 4.69) is 18.0 Å². The Morgan fingerprint density at radius 1 is 1.17 bits per heavy atom. The predicted octanol–water partition coefficient (Wildman–Crippen LogP) is 6.30. The molecule has 4 rings (SSSR count). The molecule has 3 aromatic heterocycles.